The van der Waals surface area contributed by atoms with Gasteiger partial charge in [-0.2, -0.15) is 0 Å². The van der Waals surface area contributed by atoms with Crippen LogP contribution < -0.4 is 5.32 Å². The average Bonchev–Trinajstić information content (AvgIpc) is 3.27. The van der Waals surface area contributed by atoms with Crippen LogP contribution in [-0.2, 0) is 9.84 Å². The zero-order valence-corrected chi connectivity index (χ0v) is 15.9. The fraction of sp³-hybridized carbons (Fsp3) is 0.0526. The standard InChI is InChI=1S/C19H15N3O3S2/c1-27(24,25)13-8-6-12(7-9-13)18(23)22-19-21-17(11-26-19)15-10-20-16-5-3-2-4-14(15)16/h2-11,20H,1H3,(H,21,22,23). The number of H-pyrrole nitrogens is 1. The Bertz CT molecular complexity index is 1240. The largest absolute Gasteiger partial charge is 0.360 e. The molecule has 0 spiro atoms. The maximum Gasteiger partial charge on any atom is 0.257 e. The molecule has 8 heteroatoms. The van der Waals surface area contributed by atoms with Gasteiger partial charge in [-0.1, -0.05) is 18.2 Å². The highest BCUT2D eigenvalue weighted by Gasteiger charge is 2.13. The second-order valence-electron chi connectivity index (χ2n) is 6.04. The first-order valence-electron chi connectivity index (χ1n) is 8.05. The van der Waals surface area contributed by atoms with Crippen LogP contribution in [0.25, 0.3) is 22.2 Å². The number of amides is 1. The van der Waals surface area contributed by atoms with Crippen LogP contribution in [0.4, 0.5) is 5.13 Å². The quantitative estimate of drug-likeness (QED) is 0.545. The van der Waals surface area contributed by atoms with Crippen molar-refractivity contribution in [3.8, 4) is 11.3 Å². The van der Waals surface area contributed by atoms with E-state index in [4.69, 9.17) is 0 Å². The van der Waals surface area contributed by atoms with Gasteiger partial charge in [0.15, 0.2) is 15.0 Å². The van der Waals surface area contributed by atoms with E-state index in [-0.39, 0.29) is 10.8 Å². The Morgan fingerprint density at radius 2 is 1.85 bits per heavy atom. The Hall–Kier alpha value is -2.97. The summed E-state index contributed by atoms with van der Waals surface area (Å²) < 4.78 is 23.0. The Labute approximate surface area is 159 Å². The van der Waals surface area contributed by atoms with Gasteiger partial charge in [0.1, 0.15) is 0 Å². The van der Waals surface area contributed by atoms with Gasteiger partial charge in [0.25, 0.3) is 5.91 Å². The molecule has 4 rings (SSSR count). The van der Waals surface area contributed by atoms with Crippen molar-refractivity contribution >= 4 is 43.1 Å². The molecule has 0 bridgehead atoms. The number of sulfone groups is 1. The number of nitrogens with one attached hydrogen (secondary N) is 2. The lowest BCUT2D eigenvalue weighted by Gasteiger charge is -2.03. The molecule has 27 heavy (non-hydrogen) atoms. The SMILES string of the molecule is CS(=O)(=O)c1ccc(C(=O)Nc2nc(-c3c[nH]c4ccccc34)cs2)cc1. The first kappa shape index (κ1) is 17.4. The average molecular weight is 397 g/mol. The van der Waals surface area contributed by atoms with Gasteiger partial charge < -0.3 is 4.98 Å². The zero-order valence-electron chi connectivity index (χ0n) is 14.3. The molecule has 0 aliphatic rings. The summed E-state index contributed by atoms with van der Waals surface area (Å²) in [5, 5.41) is 6.19. The van der Waals surface area contributed by atoms with Crippen molar-refractivity contribution in [2.75, 3.05) is 11.6 Å². The van der Waals surface area contributed by atoms with Crippen molar-refractivity contribution < 1.29 is 13.2 Å². The van der Waals surface area contributed by atoms with Crippen molar-refractivity contribution in [2.45, 2.75) is 4.90 Å². The molecule has 136 valence electrons. The number of hydrogen-bond donors (Lipinski definition) is 2. The van der Waals surface area contributed by atoms with E-state index >= 15 is 0 Å². The van der Waals surface area contributed by atoms with Gasteiger partial charge in [-0.3, -0.25) is 10.1 Å². The highest BCUT2D eigenvalue weighted by molar-refractivity contribution is 7.90. The van der Waals surface area contributed by atoms with Gasteiger partial charge in [-0.05, 0) is 30.3 Å². The predicted molar refractivity (Wildman–Crippen MR) is 107 cm³/mol. The topological polar surface area (TPSA) is 91.9 Å². The van der Waals surface area contributed by atoms with E-state index in [1.807, 2.05) is 35.8 Å². The van der Waals surface area contributed by atoms with E-state index in [1.54, 1.807) is 0 Å². The predicted octanol–water partition coefficient (Wildman–Crippen LogP) is 3.95. The zero-order chi connectivity index (χ0) is 19.0. The lowest BCUT2D eigenvalue weighted by Crippen LogP contribution is -2.11. The van der Waals surface area contributed by atoms with Gasteiger partial charge in [-0.15, -0.1) is 11.3 Å². The summed E-state index contributed by atoms with van der Waals surface area (Å²) in [6.07, 6.45) is 3.03. The molecule has 0 fully saturated rings. The summed E-state index contributed by atoms with van der Waals surface area (Å²) in [5.74, 6) is -0.338. The molecule has 0 radical (unpaired) electrons. The van der Waals surface area contributed by atoms with Crippen molar-refractivity contribution in [3.63, 3.8) is 0 Å². The number of thiazole rings is 1. The van der Waals surface area contributed by atoms with Crippen LogP contribution in [0, 0.1) is 0 Å². The smallest absolute Gasteiger partial charge is 0.257 e. The minimum Gasteiger partial charge on any atom is -0.360 e. The summed E-state index contributed by atoms with van der Waals surface area (Å²) in [6, 6.07) is 13.8. The van der Waals surface area contributed by atoms with Crippen LogP contribution in [0.2, 0.25) is 0 Å². The monoisotopic (exact) mass is 397 g/mol. The molecule has 2 heterocycles. The van der Waals surface area contributed by atoms with Gasteiger partial charge in [0.05, 0.1) is 10.6 Å². The van der Waals surface area contributed by atoms with Crippen molar-refractivity contribution in [2.24, 2.45) is 0 Å². The number of carbonyl (C=O) groups excluding carboxylic acids is 1. The maximum absolute atomic E-state index is 12.4. The van der Waals surface area contributed by atoms with E-state index in [0.717, 1.165) is 28.4 Å². The summed E-state index contributed by atoms with van der Waals surface area (Å²) >= 11 is 1.33. The number of hydrogen-bond acceptors (Lipinski definition) is 5. The molecular formula is C19H15N3O3S2. The fourth-order valence-electron chi connectivity index (χ4n) is 2.76. The normalized spacial score (nSPS) is 11.6. The lowest BCUT2D eigenvalue weighted by atomic mass is 10.1. The van der Waals surface area contributed by atoms with E-state index in [2.05, 4.69) is 15.3 Å². The first-order valence-corrected chi connectivity index (χ1v) is 10.8. The number of fused-ring (bicyclic) bond motifs is 1. The van der Waals surface area contributed by atoms with E-state index in [1.165, 1.54) is 35.6 Å². The molecule has 1 amide bonds. The number of rotatable bonds is 4. The Balaban J connectivity index is 1.55. The molecule has 6 nitrogen and oxygen atoms in total. The van der Waals surface area contributed by atoms with Crippen LogP contribution >= 0.6 is 11.3 Å². The van der Waals surface area contributed by atoms with E-state index in [9.17, 15) is 13.2 Å². The maximum atomic E-state index is 12.4. The third-order valence-electron chi connectivity index (χ3n) is 4.13. The summed E-state index contributed by atoms with van der Waals surface area (Å²) in [7, 11) is -3.29. The number of aromatic amines is 1. The third kappa shape index (κ3) is 3.49. The van der Waals surface area contributed by atoms with Crippen LogP contribution in [0.5, 0.6) is 0 Å². The molecule has 2 aromatic carbocycles. The molecule has 0 aliphatic carbocycles. The molecule has 0 aliphatic heterocycles. The molecule has 0 unspecified atom stereocenters. The third-order valence-corrected chi connectivity index (χ3v) is 6.02. The van der Waals surface area contributed by atoms with Crippen molar-refractivity contribution in [1.29, 1.82) is 0 Å². The number of para-hydroxylation sites is 1. The van der Waals surface area contributed by atoms with Crippen LogP contribution in [-0.4, -0.2) is 30.5 Å². The number of anilines is 1. The van der Waals surface area contributed by atoms with Gasteiger partial charge in [-0.25, -0.2) is 13.4 Å². The Morgan fingerprint density at radius 3 is 2.59 bits per heavy atom. The van der Waals surface area contributed by atoms with Crippen LogP contribution in [0.1, 0.15) is 10.4 Å². The molecule has 4 aromatic rings. The lowest BCUT2D eigenvalue weighted by molar-refractivity contribution is 0.102. The minimum absolute atomic E-state index is 0.176. The molecular weight excluding hydrogens is 382 g/mol. The molecule has 0 saturated heterocycles. The highest BCUT2D eigenvalue weighted by atomic mass is 32.2. The molecule has 2 aromatic heterocycles. The number of benzene rings is 2. The molecule has 2 N–H and O–H groups in total. The summed E-state index contributed by atoms with van der Waals surface area (Å²) in [6.45, 7) is 0. The second kappa shape index (κ2) is 6.64. The highest BCUT2D eigenvalue weighted by Crippen LogP contribution is 2.31. The van der Waals surface area contributed by atoms with Gasteiger partial charge >= 0.3 is 0 Å². The Kier molecular flexibility index (Phi) is 4.29. The fourth-order valence-corrected chi connectivity index (χ4v) is 4.10. The molecule has 0 saturated carbocycles. The van der Waals surface area contributed by atoms with E-state index < -0.39 is 9.84 Å². The van der Waals surface area contributed by atoms with Crippen molar-refractivity contribution in [1.82, 2.24) is 9.97 Å². The summed E-state index contributed by atoms with van der Waals surface area (Å²) in [4.78, 5) is 20.3. The van der Waals surface area contributed by atoms with Crippen LogP contribution in [0.15, 0.2) is 65.0 Å². The van der Waals surface area contributed by atoms with Gasteiger partial charge in [0.2, 0.25) is 0 Å². The first-order chi connectivity index (χ1) is 12.9. The van der Waals surface area contributed by atoms with E-state index in [0.29, 0.717) is 10.7 Å². The number of nitrogens with zero attached hydrogens (tertiary/aromatic N) is 1. The second-order valence-corrected chi connectivity index (χ2v) is 8.91. The number of aromatic nitrogens is 2. The van der Waals surface area contributed by atoms with Crippen LogP contribution in [0.3, 0.4) is 0 Å². The number of carbonyl (C=O) groups is 1. The van der Waals surface area contributed by atoms with Crippen molar-refractivity contribution in [3.05, 3.63) is 65.7 Å². The summed E-state index contributed by atoms with van der Waals surface area (Å²) in [5.41, 5.74) is 3.14. The Morgan fingerprint density at radius 1 is 1.11 bits per heavy atom. The molecule has 0 atom stereocenters. The minimum atomic E-state index is -3.29. The van der Waals surface area contributed by atoms with Gasteiger partial charge in [0, 0.05) is 39.9 Å².